The number of halogens is 2. The number of hydrogen-bond donors (Lipinski definition) is 2. The maximum atomic E-state index is 13.3. The van der Waals surface area contributed by atoms with Gasteiger partial charge in [-0.1, -0.05) is 31.0 Å². The van der Waals surface area contributed by atoms with E-state index in [1.165, 1.54) is 6.07 Å². The first-order valence-electron chi connectivity index (χ1n) is 4.56. The van der Waals surface area contributed by atoms with Crippen molar-refractivity contribution >= 4 is 17.3 Å². The Morgan fingerprint density at radius 2 is 2.14 bits per heavy atom. The monoisotopic (exact) mass is 216 g/mol. The molecular formula is C10H14ClFN2. The Morgan fingerprint density at radius 3 is 2.71 bits per heavy atom. The highest BCUT2D eigenvalue weighted by molar-refractivity contribution is 6.31. The largest absolute Gasteiger partial charge is 0.396 e. The molecule has 78 valence electrons. The van der Waals surface area contributed by atoms with Crippen LogP contribution in [0.15, 0.2) is 12.1 Å². The summed E-state index contributed by atoms with van der Waals surface area (Å²) in [5.74, 6) is -0.573. The number of benzene rings is 1. The third kappa shape index (κ3) is 2.16. The van der Waals surface area contributed by atoms with Crippen molar-refractivity contribution in [2.24, 2.45) is 5.73 Å². The van der Waals surface area contributed by atoms with Crippen molar-refractivity contribution in [2.45, 2.75) is 25.8 Å². The third-order valence-electron chi connectivity index (χ3n) is 2.14. The van der Waals surface area contributed by atoms with Gasteiger partial charge >= 0.3 is 0 Å². The van der Waals surface area contributed by atoms with Crippen LogP contribution >= 0.6 is 11.6 Å². The number of hydrogen-bond acceptors (Lipinski definition) is 2. The molecule has 0 aliphatic carbocycles. The minimum Gasteiger partial charge on any atom is -0.396 e. The summed E-state index contributed by atoms with van der Waals surface area (Å²) in [5, 5.41) is 0.0472. The number of anilines is 1. The second-order valence-electron chi connectivity index (χ2n) is 3.27. The molecule has 0 amide bonds. The van der Waals surface area contributed by atoms with E-state index in [1.807, 2.05) is 6.92 Å². The lowest BCUT2D eigenvalue weighted by Crippen LogP contribution is -2.11. The predicted octanol–water partition coefficient (Wildman–Crippen LogP) is 2.86. The van der Waals surface area contributed by atoms with E-state index in [9.17, 15) is 4.39 Å². The molecule has 1 atom stereocenters. The van der Waals surface area contributed by atoms with Crippen LogP contribution in [-0.4, -0.2) is 0 Å². The van der Waals surface area contributed by atoms with E-state index in [-0.39, 0.29) is 16.8 Å². The molecule has 14 heavy (non-hydrogen) atoms. The average molecular weight is 217 g/mol. The van der Waals surface area contributed by atoms with E-state index < -0.39 is 5.82 Å². The Bertz CT molecular complexity index is 328. The van der Waals surface area contributed by atoms with Crippen molar-refractivity contribution in [1.29, 1.82) is 0 Å². The molecule has 0 bridgehead atoms. The van der Waals surface area contributed by atoms with Gasteiger partial charge in [-0.2, -0.15) is 0 Å². The van der Waals surface area contributed by atoms with Crippen LogP contribution in [0.4, 0.5) is 10.1 Å². The third-order valence-corrected chi connectivity index (χ3v) is 2.53. The van der Waals surface area contributed by atoms with E-state index in [1.54, 1.807) is 6.07 Å². The lowest BCUT2D eigenvalue weighted by molar-refractivity contribution is 0.609. The van der Waals surface area contributed by atoms with Gasteiger partial charge in [0.25, 0.3) is 0 Å². The maximum Gasteiger partial charge on any atom is 0.164 e. The van der Waals surface area contributed by atoms with Gasteiger partial charge < -0.3 is 11.5 Å². The van der Waals surface area contributed by atoms with Crippen LogP contribution in [0, 0.1) is 5.82 Å². The molecule has 1 aromatic rings. The molecule has 0 aliphatic heterocycles. The molecule has 2 nitrogen and oxygen atoms in total. The first-order valence-corrected chi connectivity index (χ1v) is 4.94. The van der Waals surface area contributed by atoms with Gasteiger partial charge in [0.05, 0.1) is 10.7 Å². The summed E-state index contributed by atoms with van der Waals surface area (Å²) in [5.41, 5.74) is 11.9. The van der Waals surface area contributed by atoms with Crippen molar-refractivity contribution < 1.29 is 4.39 Å². The lowest BCUT2D eigenvalue weighted by atomic mass is 10.0. The molecule has 0 spiro atoms. The predicted molar refractivity (Wildman–Crippen MR) is 57.7 cm³/mol. The molecule has 0 aromatic heterocycles. The van der Waals surface area contributed by atoms with E-state index in [0.717, 1.165) is 12.8 Å². The first-order chi connectivity index (χ1) is 6.57. The lowest BCUT2D eigenvalue weighted by Gasteiger charge is -2.13. The first kappa shape index (κ1) is 11.3. The number of nitrogen functional groups attached to an aromatic ring is 1. The van der Waals surface area contributed by atoms with Gasteiger partial charge in [-0.15, -0.1) is 0 Å². The van der Waals surface area contributed by atoms with Crippen molar-refractivity contribution in [3.8, 4) is 0 Å². The Labute approximate surface area is 88.0 Å². The summed E-state index contributed by atoms with van der Waals surface area (Å²) < 4.78 is 13.3. The number of rotatable bonds is 3. The molecule has 0 saturated heterocycles. The van der Waals surface area contributed by atoms with Gasteiger partial charge in [-0.25, -0.2) is 4.39 Å². The zero-order chi connectivity index (χ0) is 10.7. The minimum atomic E-state index is -0.573. The van der Waals surface area contributed by atoms with Crippen molar-refractivity contribution in [1.82, 2.24) is 0 Å². The summed E-state index contributed by atoms with van der Waals surface area (Å²) in [6, 6.07) is 2.95. The molecule has 0 unspecified atom stereocenters. The summed E-state index contributed by atoms with van der Waals surface area (Å²) in [6.07, 6.45) is 1.71. The molecular weight excluding hydrogens is 203 g/mol. The summed E-state index contributed by atoms with van der Waals surface area (Å²) in [7, 11) is 0. The van der Waals surface area contributed by atoms with Crippen molar-refractivity contribution in [3.63, 3.8) is 0 Å². The van der Waals surface area contributed by atoms with Crippen LogP contribution in [0.5, 0.6) is 0 Å². The molecule has 4 heteroatoms. The molecule has 1 aromatic carbocycles. The van der Waals surface area contributed by atoms with Crippen LogP contribution in [0.1, 0.15) is 31.4 Å². The fraction of sp³-hybridized carbons (Fsp3) is 0.400. The Morgan fingerprint density at radius 1 is 1.50 bits per heavy atom. The highest BCUT2D eigenvalue weighted by Gasteiger charge is 2.14. The van der Waals surface area contributed by atoms with E-state index in [2.05, 4.69) is 0 Å². The van der Waals surface area contributed by atoms with Gasteiger partial charge in [0.2, 0.25) is 0 Å². The molecule has 1 rings (SSSR count). The van der Waals surface area contributed by atoms with Crippen LogP contribution < -0.4 is 11.5 Å². The van der Waals surface area contributed by atoms with Gasteiger partial charge in [0.15, 0.2) is 5.82 Å². The molecule has 0 radical (unpaired) electrons. The van der Waals surface area contributed by atoms with Crippen LogP contribution in [0.2, 0.25) is 5.02 Å². The van der Waals surface area contributed by atoms with Gasteiger partial charge in [0.1, 0.15) is 0 Å². The quantitative estimate of drug-likeness (QED) is 0.764. The van der Waals surface area contributed by atoms with Gasteiger partial charge in [0, 0.05) is 6.04 Å². The number of nitrogens with two attached hydrogens (primary N) is 2. The van der Waals surface area contributed by atoms with E-state index in [4.69, 9.17) is 23.1 Å². The molecule has 0 aliphatic rings. The molecule has 0 saturated carbocycles. The highest BCUT2D eigenvalue weighted by Crippen LogP contribution is 2.29. The second-order valence-corrected chi connectivity index (χ2v) is 3.65. The van der Waals surface area contributed by atoms with Crippen LogP contribution in [0.3, 0.4) is 0 Å². The van der Waals surface area contributed by atoms with Crippen LogP contribution in [-0.2, 0) is 0 Å². The summed E-state index contributed by atoms with van der Waals surface area (Å²) >= 11 is 5.79. The van der Waals surface area contributed by atoms with E-state index >= 15 is 0 Å². The normalized spacial score (nSPS) is 12.9. The topological polar surface area (TPSA) is 52.0 Å². The summed E-state index contributed by atoms with van der Waals surface area (Å²) in [6.45, 7) is 2.02. The van der Waals surface area contributed by atoms with E-state index in [0.29, 0.717) is 5.56 Å². The SMILES string of the molecule is CCC[C@H](N)c1ccc(N)c(F)c1Cl. The Kier molecular flexibility index (Phi) is 3.72. The average Bonchev–Trinajstić information content (AvgIpc) is 2.15. The molecule has 0 fully saturated rings. The van der Waals surface area contributed by atoms with Crippen LogP contribution in [0.25, 0.3) is 0 Å². The standard InChI is InChI=1S/C10H14ClFN2/c1-2-3-7(13)6-4-5-8(14)10(12)9(6)11/h4-5,7H,2-3,13-14H2,1H3/t7-/m0/s1. The van der Waals surface area contributed by atoms with Gasteiger partial charge in [-0.3, -0.25) is 0 Å². The fourth-order valence-electron chi connectivity index (χ4n) is 1.33. The molecule has 0 heterocycles. The van der Waals surface area contributed by atoms with Crippen molar-refractivity contribution in [2.75, 3.05) is 5.73 Å². The zero-order valence-corrected chi connectivity index (χ0v) is 8.81. The molecule has 4 N–H and O–H groups in total. The fourth-order valence-corrected chi connectivity index (χ4v) is 1.64. The van der Waals surface area contributed by atoms with Gasteiger partial charge in [-0.05, 0) is 18.1 Å². The maximum absolute atomic E-state index is 13.3. The summed E-state index contributed by atoms with van der Waals surface area (Å²) in [4.78, 5) is 0. The van der Waals surface area contributed by atoms with Crippen molar-refractivity contribution in [3.05, 3.63) is 28.5 Å². The smallest absolute Gasteiger partial charge is 0.164 e. The highest BCUT2D eigenvalue weighted by atomic mass is 35.5. The Hall–Kier alpha value is -0.800. The second kappa shape index (κ2) is 4.62. The Balaban J connectivity index is 3.04. The zero-order valence-electron chi connectivity index (χ0n) is 8.06. The minimum absolute atomic E-state index is 0.0472.